The van der Waals surface area contributed by atoms with Crippen molar-refractivity contribution in [2.75, 3.05) is 45.8 Å². The van der Waals surface area contributed by atoms with Gasteiger partial charge in [-0.25, -0.2) is 0 Å². The first-order valence-electron chi connectivity index (χ1n) is 6.62. The van der Waals surface area contributed by atoms with Crippen molar-refractivity contribution in [2.24, 2.45) is 0 Å². The Balaban J connectivity index is 1.76. The number of carbonyl (C=O) groups excluding carboxylic acids is 2. The largest absolute Gasteiger partial charge is 0.338 e. The van der Waals surface area contributed by atoms with E-state index in [-0.39, 0.29) is 11.8 Å². The molecule has 0 aromatic heterocycles. The zero-order valence-corrected chi connectivity index (χ0v) is 10.8. The fourth-order valence-corrected chi connectivity index (χ4v) is 2.54. The molecule has 2 saturated heterocycles. The predicted molar refractivity (Wildman–Crippen MR) is 69.0 cm³/mol. The number of rotatable bonds is 3. The van der Waals surface area contributed by atoms with E-state index in [1.54, 1.807) is 4.90 Å². The number of amides is 2. The molecule has 0 radical (unpaired) electrons. The van der Waals surface area contributed by atoms with Crippen molar-refractivity contribution in [3.8, 4) is 0 Å². The lowest BCUT2D eigenvalue weighted by Crippen LogP contribution is -2.52. The van der Waals surface area contributed by atoms with Gasteiger partial charge >= 0.3 is 0 Å². The van der Waals surface area contributed by atoms with Gasteiger partial charge in [0.15, 0.2) is 0 Å². The Kier molecular flexibility index (Phi) is 4.36. The second kappa shape index (κ2) is 6.00. The van der Waals surface area contributed by atoms with E-state index in [9.17, 15) is 9.59 Å². The molecule has 18 heavy (non-hydrogen) atoms. The van der Waals surface area contributed by atoms with Gasteiger partial charge in [-0.05, 0) is 32.0 Å². The minimum absolute atomic E-state index is 0.0401. The normalized spacial score (nSPS) is 21.1. The number of carbonyl (C=O) groups is 2. The van der Waals surface area contributed by atoms with Gasteiger partial charge in [-0.1, -0.05) is 6.58 Å². The van der Waals surface area contributed by atoms with E-state index in [1.807, 2.05) is 4.90 Å². The highest BCUT2D eigenvalue weighted by molar-refractivity contribution is 5.87. The molecule has 0 aromatic carbocycles. The minimum atomic E-state index is -0.0401. The molecule has 2 amide bonds. The Morgan fingerprint density at radius 2 is 1.50 bits per heavy atom. The van der Waals surface area contributed by atoms with Crippen molar-refractivity contribution in [3.63, 3.8) is 0 Å². The predicted octanol–water partition coefficient (Wildman–Crippen LogP) is -0.0610. The first kappa shape index (κ1) is 13.1. The van der Waals surface area contributed by atoms with E-state index in [4.69, 9.17) is 0 Å². The number of nitrogens with zero attached hydrogens (tertiary/aromatic N) is 3. The summed E-state index contributed by atoms with van der Waals surface area (Å²) in [6, 6.07) is 0. The van der Waals surface area contributed by atoms with Gasteiger partial charge in [-0.2, -0.15) is 0 Å². The summed E-state index contributed by atoms with van der Waals surface area (Å²) in [5.41, 5.74) is 0. The van der Waals surface area contributed by atoms with E-state index < -0.39 is 0 Å². The van der Waals surface area contributed by atoms with Crippen LogP contribution in [0.5, 0.6) is 0 Å². The van der Waals surface area contributed by atoms with E-state index in [0.717, 1.165) is 13.1 Å². The lowest BCUT2D eigenvalue weighted by atomic mass is 10.3. The Bertz CT molecular complexity index is 329. The highest BCUT2D eigenvalue weighted by Gasteiger charge is 2.24. The summed E-state index contributed by atoms with van der Waals surface area (Å²) in [6.45, 7) is 8.64. The third kappa shape index (κ3) is 3.10. The maximum atomic E-state index is 12.1. The topological polar surface area (TPSA) is 43.9 Å². The number of hydrogen-bond acceptors (Lipinski definition) is 3. The summed E-state index contributed by atoms with van der Waals surface area (Å²) >= 11 is 0. The van der Waals surface area contributed by atoms with Gasteiger partial charge in [0.05, 0.1) is 6.54 Å². The number of likely N-dealkylation sites (tertiary alicyclic amines) is 1. The van der Waals surface area contributed by atoms with E-state index >= 15 is 0 Å². The standard InChI is InChI=1S/C13H21N3O2/c1-2-12(17)15-7-9-16(10-8-15)13(18)11-14-5-3-4-6-14/h2H,1,3-11H2. The lowest BCUT2D eigenvalue weighted by Gasteiger charge is -2.35. The molecule has 2 fully saturated rings. The smallest absolute Gasteiger partial charge is 0.246 e. The van der Waals surface area contributed by atoms with Crippen LogP contribution in [0.25, 0.3) is 0 Å². The van der Waals surface area contributed by atoms with Gasteiger partial charge in [-0.15, -0.1) is 0 Å². The molecule has 0 unspecified atom stereocenters. The summed E-state index contributed by atoms with van der Waals surface area (Å²) < 4.78 is 0. The van der Waals surface area contributed by atoms with Crippen LogP contribution in [0.1, 0.15) is 12.8 Å². The monoisotopic (exact) mass is 251 g/mol. The Hall–Kier alpha value is -1.36. The van der Waals surface area contributed by atoms with Crippen molar-refractivity contribution in [3.05, 3.63) is 12.7 Å². The van der Waals surface area contributed by atoms with Crippen LogP contribution in [0.15, 0.2) is 12.7 Å². The molecule has 0 bridgehead atoms. The van der Waals surface area contributed by atoms with Gasteiger partial charge in [-0.3, -0.25) is 14.5 Å². The zero-order valence-electron chi connectivity index (χ0n) is 10.8. The van der Waals surface area contributed by atoms with Crippen molar-refractivity contribution < 1.29 is 9.59 Å². The fourth-order valence-electron chi connectivity index (χ4n) is 2.54. The first-order valence-corrected chi connectivity index (χ1v) is 6.62. The molecule has 0 aliphatic carbocycles. The maximum Gasteiger partial charge on any atom is 0.246 e. The molecular formula is C13H21N3O2. The van der Waals surface area contributed by atoms with E-state index in [0.29, 0.717) is 32.7 Å². The molecule has 5 nitrogen and oxygen atoms in total. The highest BCUT2D eigenvalue weighted by atomic mass is 16.2. The number of piperazine rings is 1. The summed E-state index contributed by atoms with van der Waals surface area (Å²) in [4.78, 5) is 29.3. The molecule has 2 rings (SSSR count). The van der Waals surface area contributed by atoms with Crippen LogP contribution in [0.3, 0.4) is 0 Å². The second-order valence-corrected chi connectivity index (χ2v) is 4.89. The van der Waals surface area contributed by atoms with Crippen molar-refractivity contribution in [1.29, 1.82) is 0 Å². The van der Waals surface area contributed by atoms with Gasteiger partial charge in [0.25, 0.3) is 0 Å². The zero-order chi connectivity index (χ0) is 13.0. The summed E-state index contributed by atoms with van der Waals surface area (Å²) in [7, 11) is 0. The molecule has 2 aliphatic rings. The van der Waals surface area contributed by atoms with Crippen LogP contribution in [-0.2, 0) is 9.59 Å². The molecule has 0 atom stereocenters. The first-order chi connectivity index (χ1) is 8.70. The van der Waals surface area contributed by atoms with Gasteiger partial charge in [0.1, 0.15) is 0 Å². The number of hydrogen-bond donors (Lipinski definition) is 0. The molecule has 0 N–H and O–H groups in total. The lowest BCUT2D eigenvalue weighted by molar-refractivity contribution is -0.137. The third-order valence-electron chi connectivity index (χ3n) is 3.68. The van der Waals surface area contributed by atoms with Crippen LogP contribution >= 0.6 is 0 Å². The van der Waals surface area contributed by atoms with Crippen LogP contribution in [-0.4, -0.2) is 72.3 Å². The van der Waals surface area contributed by atoms with Gasteiger partial charge < -0.3 is 9.80 Å². The quantitative estimate of drug-likeness (QED) is 0.660. The molecule has 0 saturated carbocycles. The minimum Gasteiger partial charge on any atom is -0.338 e. The third-order valence-corrected chi connectivity index (χ3v) is 3.68. The molecule has 100 valence electrons. The summed E-state index contributed by atoms with van der Waals surface area (Å²) in [5, 5.41) is 0. The summed E-state index contributed by atoms with van der Waals surface area (Å²) in [5.74, 6) is 0.157. The molecule has 0 spiro atoms. The van der Waals surface area contributed by atoms with E-state index in [2.05, 4.69) is 11.5 Å². The van der Waals surface area contributed by atoms with Crippen LogP contribution in [0.4, 0.5) is 0 Å². The highest BCUT2D eigenvalue weighted by Crippen LogP contribution is 2.09. The molecule has 5 heteroatoms. The fraction of sp³-hybridized carbons (Fsp3) is 0.692. The van der Waals surface area contributed by atoms with Crippen LogP contribution in [0, 0.1) is 0 Å². The summed E-state index contributed by atoms with van der Waals surface area (Å²) in [6.07, 6.45) is 3.74. The van der Waals surface area contributed by atoms with Crippen molar-refractivity contribution in [1.82, 2.24) is 14.7 Å². The average Bonchev–Trinajstić information content (AvgIpc) is 2.91. The molecule has 0 aromatic rings. The van der Waals surface area contributed by atoms with Crippen LogP contribution < -0.4 is 0 Å². The van der Waals surface area contributed by atoms with Crippen molar-refractivity contribution in [2.45, 2.75) is 12.8 Å². The van der Waals surface area contributed by atoms with Gasteiger partial charge in [0.2, 0.25) is 11.8 Å². The Morgan fingerprint density at radius 3 is 2.06 bits per heavy atom. The molecule has 2 heterocycles. The Labute approximate surface area is 108 Å². The molecular weight excluding hydrogens is 230 g/mol. The van der Waals surface area contributed by atoms with Gasteiger partial charge in [0, 0.05) is 26.2 Å². The second-order valence-electron chi connectivity index (χ2n) is 4.89. The SMILES string of the molecule is C=CC(=O)N1CCN(C(=O)CN2CCCC2)CC1. The Morgan fingerprint density at radius 1 is 0.944 bits per heavy atom. The van der Waals surface area contributed by atoms with Crippen LogP contribution in [0.2, 0.25) is 0 Å². The molecule has 2 aliphatic heterocycles. The van der Waals surface area contributed by atoms with E-state index in [1.165, 1.54) is 18.9 Å². The van der Waals surface area contributed by atoms with Crippen molar-refractivity contribution >= 4 is 11.8 Å². The maximum absolute atomic E-state index is 12.1. The average molecular weight is 251 g/mol.